The quantitative estimate of drug-likeness (QED) is 0.443. The summed E-state index contributed by atoms with van der Waals surface area (Å²) in [7, 11) is -4.66. The third-order valence-electron chi connectivity index (χ3n) is 3.48. The van der Waals surface area contributed by atoms with Crippen LogP contribution in [0.4, 0.5) is 0 Å². The van der Waals surface area contributed by atoms with Crippen LogP contribution in [-0.2, 0) is 10.0 Å². The van der Waals surface area contributed by atoms with Gasteiger partial charge < -0.3 is 0 Å². The molecule has 0 radical (unpaired) electrons. The molecule has 3 unspecified atom stereocenters. The molecule has 3 atom stereocenters. The van der Waals surface area contributed by atoms with E-state index in [1.54, 1.807) is 25.1 Å². The predicted molar refractivity (Wildman–Crippen MR) is 80.9 cm³/mol. The molecule has 1 rings (SSSR count). The van der Waals surface area contributed by atoms with Crippen molar-refractivity contribution in [3.8, 4) is 0 Å². The number of nitrogens with zero attached hydrogens (tertiary/aromatic N) is 1. The molecule has 1 saturated heterocycles. The maximum absolute atomic E-state index is 12.6. The summed E-state index contributed by atoms with van der Waals surface area (Å²) in [5.41, 5.74) is 0.265. The standard InChI is InChI=1S/C13H27NO2SSi/c1-8-9-10-11-12(18(5,6)7)14(11)17(15,16)13(2,3)4/h8,11-12H,1,9-10H2,2-7H3. The molecular weight excluding hydrogens is 262 g/mol. The Balaban J connectivity index is 2.98. The molecule has 1 aliphatic heterocycles. The third kappa shape index (κ3) is 2.88. The van der Waals surface area contributed by atoms with E-state index in [-0.39, 0.29) is 11.7 Å². The van der Waals surface area contributed by atoms with Crippen LogP contribution in [0.1, 0.15) is 33.6 Å². The van der Waals surface area contributed by atoms with Crippen LogP contribution in [0, 0.1) is 0 Å². The van der Waals surface area contributed by atoms with Crippen LogP contribution < -0.4 is 0 Å². The molecule has 1 fully saturated rings. The van der Waals surface area contributed by atoms with E-state index >= 15 is 0 Å². The second-order valence-corrected chi connectivity index (χ2v) is 15.1. The highest BCUT2D eigenvalue weighted by atomic mass is 32.2. The Bertz CT molecular complexity index is 417. The second-order valence-electron chi connectivity index (χ2n) is 7.19. The average molecular weight is 290 g/mol. The zero-order chi connectivity index (χ0) is 14.4. The summed E-state index contributed by atoms with van der Waals surface area (Å²) >= 11 is 0. The number of rotatable bonds is 5. The van der Waals surface area contributed by atoms with Crippen molar-refractivity contribution in [2.45, 2.75) is 69.7 Å². The smallest absolute Gasteiger partial charge is 0.212 e. The van der Waals surface area contributed by atoms with Crippen molar-refractivity contribution in [3.63, 3.8) is 0 Å². The van der Waals surface area contributed by atoms with E-state index < -0.39 is 22.8 Å². The van der Waals surface area contributed by atoms with Gasteiger partial charge >= 0.3 is 0 Å². The maximum Gasteiger partial charge on any atom is 0.219 e. The van der Waals surface area contributed by atoms with E-state index in [0.29, 0.717) is 0 Å². The first-order valence-electron chi connectivity index (χ1n) is 6.58. The van der Waals surface area contributed by atoms with Crippen molar-refractivity contribution in [2.75, 3.05) is 0 Å². The third-order valence-corrected chi connectivity index (χ3v) is 8.71. The molecule has 0 aliphatic carbocycles. The molecular formula is C13H27NO2SSi. The van der Waals surface area contributed by atoms with Gasteiger partial charge in [0.25, 0.3) is 0 Å². The van der Waals surface area contributed by atoms with Gasteiger partial charge in [0, 0.05) is 11.7 Å². The van der Waals surface area contributed by atoms with Crippen molar-refractivity contribution in [2.24, 2.45) is 0 Å². The first-order chi connectivity index (χ1) is 7.94. The number of allylic oxidation sites excluding steroid dienone is 1. The molecule has 3 nitrogen and oxygen atoms in total. The van der Waals surface area contributed by atoms with Gasteiger partial charge in [-0.05, 0) is 33.6 Å². The predicted octanol–water partition coefficient (Wildman–Crippen LogP) is 3.01. The number of hydrogen-bond donors (Lipinski definition) is 0. The van der Waals surface area contributed by atoms with Gasteiger partial charge in [-0.15, -0.1) is 6.58 Å². The highest BCUT2D eigenvalue weighted by molar-refractivity contribution is 7.90. The molecule has 0 saturated carbocycles. The van der Waals surface area contributed by atoms with Crippen LogP contribution in [0.3, 0.4) is 0 Å². The highest BCUT2D eigenvalue weighted by Gasteiger charge is 2.61. The summed E-state index contributed by atoms with van der Waals surface area (Å²) in [6.45, 7) is 15.8. The summed E-state index contributed by atoms with van der Waals surface area (Å²) in [5.74, 6) is 0. The SMILES string of the molecule is C=CCCC1C([Si](C)(C)C)N1S(=O)(=O)C(C)(C)C. The Kier molecular flexibility index (Phi) is 4.21. The Morgan fingerprint density at radius 1 is 1.28 bits per heavy atom. The minimum absolute atomic E-state index is 0.207. The fourth-order valence-electron chi connectivity index (χ4n) is 2.43. The van der Waals surface area contributed by atoms with Crippen LogP contribution in [0.2, 0.25) is 19.6 Å². The molecule has 1 heterocycles. The van der Waals surface area contributed by atoms with Gasteiger partial charge in [-0.2, -0.15) is 4.31 Å². The maximum atomic E-state index is 12.6. The van der Waals surface area contributed by atoms with E-state index in [4.69, 9.17) is 0 Å². The van der Waals surface area contributed by atoms with E-state index in [2.05, 4.69) is 26.2 Å². The summed E-state index contributed by atoms with van der Waals surface area (Å²) in [4.78, 5) is 0. The molecule has 0 aromatic carbocycles. The molecule has 0 aromatic rings. The molecule has 0 amide bonds. The topological polar surface area (TPSA) is 37.1 Å². The highest BCUT2D eigenvalue weighted by Crippen LogP contribution is 2.44. The first-order valence-corrected chi connectivity index (χ1v) is 11.6. The fraction of sp³-hybridized carbons (Fsp3) is 0.846. The lowest BCUT2D eigenvalue weighted by atomic mass is 10.2. The van der Waals surface area contributed by atoms with Gasteiger partial charge in [-0.3, -0.25) is 0 Å². The number of sulfonamides is 1. The summed E-state index contributed by atoms with van der Waals surface area (Å²) in [6, 6.07) is 0.207. The normalized spacial score (nSPS) is 29.1. The zero-order valence-electron chi connectivity index (χ0n) is 12.5. The Labute approximate surface area is 113 Å². The van der Waals surface area contributed by atoms with Crippen LogP contribution in [-0.4, -0.2) is 37.3 Å². The average Bonchev–Trinajstić information content (AvgIpc) is 2.86. The lowest BCUT2D eigenvalue weighted by Crippen LogP contribution is -2.39. The largest absolute Gasteiger partial charge is 0.219 e. The van der Waals surface area contributed by atoms with Crippen LogP contribution in [0.15, 0.2) is 12.7 Å². The molecule has 0 N–H and O–H groups in total. The summed E-state index contributed by atoms with van der Waals surface area (Å²) < 4.78 is 26.2. The summed E-state index contributed by atoms with van der Waals surface area (Å²) in [6.07, 6.45) is 3.68. The first kappa shape index (κ1) is 15.9. The monoisotopic (exact) mass is 289 g/mol. The lowest BCUT2D eigenvalue weighted by molar-refractivity contribution is 0.510. The van der Waals surface area contributed by atoms with E-state index in [9.17, 15) is 8.42 Å². The Morgan fingerprint density at radius 2 is 1.78 bits per heavy atom. The van der Waals surface area contributed by atoms with Crippen molar-refractivity contribution in [1.29, 1.82) is 0 Å². The minimum Gasteiger partial charge on any atom is -0.212 e. The van der Waals surface area contributed by atoms with E-state index in [0.717, 1.165) is 12.8 Å². The van der Waals surface area contributed by atoms with Gasteiger partial charge in [-0.1, -0.05) is 25.7 Å². The molecule has 0 spiro atoms. The summed E-state index contributed by atoms with van der Waals surface area (Å²) in [5, 5.41) is 0. The van der Waals surface area contributed by atoms with Crippen LogP contribution in [0.5, 0.6) is 0 Å². The molecule has 1 aliphatic rings. The van der Waals surface area contributed by atoms with Gasteiger partial charge in [-0.25, -0.2) is 8.42 Å². The number of hydrogen-bond acceptors (Lipinski definition) is 2. The molecule has 106 valence electrons. The van der Waals surface area contributed by atoms with Crippen molar-refractivity contribution in [1.82, 2.24) is 4.31 Å². The fourth-order valence-corrected chi connectivity index (χ4v) is 7.85. The van der Waals surface area contributed by atoms with Crippen LogP contribution in [0.25, 0.3) is 0 Å². The minimum atomic E-state index is -3.18. The second kappa shape index (κ2) is 4.76. The van der Waals surface area contributed by atoms with Crippen LogP contribution >= 0.6 is 0 Å². The van der Waals surface area contributed by atoms with Crippen molar-refractivity contribution < 1.29 is 8.42 Å². The Hall–Kier alpha value is -0.133. The lowest BCUT2D eigenvalue weighted by Gasteiger charge is -2.23. The molecule has 18 heavy (non-hydrogen) atoms. The van der Waals surface area contributed by atoms with Gasteiger partial charge in [0.2, 0.25) is 10.0 Å². The van der Waals surface area contributed by atoms with Gasteiger partial charge in [0.1, 0.15) is 0 Å². The molecule has 0 aromatic heterocycles. The van der Waals surface area contributed by atoms with E-state index in [1.807, 2.05) is 6.08 Å². The van der Waals surface area contributed by atoms with Crippen molar-refractivity contribution >= 4 is 18.1 Å². The Morgan fingerprint density at radius 3 is 2.11 bits per heavy atom. The van der Waals surface area contributed by atoms with E-state index in [1.165, 1.54) is 0 Å². The zero-order valence-corrected chi connectivity index (χ0v) is 14.3. The van der Waals surface area contributed by atoms with Gasteiger partial charge in [0.15, 0.2) is 0 Å². The molecule has 5 heteroatoms. The van der Waals surface area contributed by atoms with Crippen molar-refractivity contribution in [3.05, 3.63) is 12.7 Å². The van der Waals surface area contributed by atoms with Gasteiger partial charge in [0.05, 0.1) is 12.8 Å². The molecule has 0 bridgehead atoms.